The molecule has 1 aromatic carbocycles. The summed E-state index contributed by atoms with van der Waals surface area (Å²) in [4.78, 5) is 0. The smallest absolute Gasteiger partial charge is 0.00120 e. The second-order valence-electron chi connectivity index (χ2n) is 2.70. The Bertz CT molecular complexity index is 196. The molecule has 0 aliphatic rings. The minimum absolute atomic E-state index is 0.836. The van der Waals surface area contributed by atoms with Gasteiger partial charge in [-0.15, -0.1) is 0 Å². The van der Waals surface area contributed by atoms with Crippen LogP contribution in [0, 0.1) is 13.8 Å². The normalized spacial score (nSPS) is 10.0. The second kappa shape index (κ2) is 4.17. The van der Waals surface area contributed by atoms with Gasteiger partial charge in [-0.25, -0.2) is 0 Å². The molecule has 0 spiro atoms. The molecule has 1 rings (SSSR count). The molecule has 0 aliphatic carbocycles. The van der Waals surface area contributed by atoms with Crippen molar-refractivity contribution in [2.75, 3.05) is 0 Å². The standard InChI is InChI=1S/C11H13/c1-3-4-5-11-8-6-10(2)7-9-11/h2,6-9H,1,3-5H2. The molecule has 0 saturated carbocycles. The summed E-state index contributed by atoms with van der Waals surface area (Å²) in [6, 6.07) is 8.03. The Morgan fingerprint density at radius 1 is 1.18 bits per heavy atom. The van der Waals surface area contributed by atoms with E-state index in [2.05, 4.69) is 19.1 Å². The van der Waals surface area contributed by atoms with E-state index in [0.29, 0.717) is 0 Å². The third-order valence-electron chi connectivity index (χ3n) is 1.70. The fraction of sp³-hybridized carbons (Fsp3) is 0.273. The van der Waals surface area contributed by atoms with Gasteiger partial charge in [-0.2, -0.15) is 0 Å². The van der Waals surface area contributed by atoms with Crippen molar-refractivity contribution in [2.24, 2.45) is 0 Å². The number of benzene rings is 1. The molecule has 0 aliphatic heterocycles. The zero-order valence-corrected chi connectivity index (χ0v) is 6.72. The van der Waals surface area contributed by atoms with E-state index in [1.54, 1.807) is 0 Å². The summed E-state index contributed by atoms with van der Waals surface area (Å²) in [6.07, 6.45) is 3.28. The van der Waals surface area contributed by atoms with Gasteiger partial charge in [0.2, 0.25) is 0 Å². The van der Waals surface area contributed by atoms with Gasteiger partial charge in [-0.3, -0.25) is 0 Å². The molecule has 0 heteroatoms. The van der Waals surface area contributed by atoms with Gasteiger partial charge in [0.15, 0.2) is 0 Å². The molecule has 3 radical (unpaired) electrons. The molecule has 0 bridgehead atoms. The number of rotatable bonds is 3. The van der Waals surface area contributed by atoms with Gasteiger partial charge in [0, 0.05) is 0 Å². The Balaban J connectivity index is 2.52. The summed E-state index contributed by atoms with van der Waals surface area (Å²) < 4.78 is 0. The maximum absolute atomic E-state index is 5.54. The average molecular weight is 145 g/mol. The van der Waals surface area contributed by atoms with Crippen molar-refractivity contribution in [1.82, 2.24) is 0 Å². The van der Waals surface area contributed by atoms with Crippen molar-refractivity contribution in [3.63, 3.8) is 0 Å². The lowest BCUT2D eigenvalue weighted by Crippen LogP contribution is -1.83. The van der Waals surface area contributed by atoms with E-state index in [4.69, 9.17) is 6.92 Å². The van der Waals surface area contributed by atoms with Crippen LogP contribution in [-0.2, 0) is 6.42 Å². The van der Waals surface area contributed by atoms with E-state index < -0.39 is 0 Å². The monoisotopic (exact) mass is 145 g/mol. The Hall–Kier alpha value is -0.780. The zero-order chi connectivity index (χ0) is 8.10. The Labute approximate surface area is 69.3 Å². The molecule has 0 heterocycles. The minimum Gasteiger partial charge on any atom is -0.0588 e. The van der Waals surface area contributed by atoms with Crippen molar-refractivity contribution in [3.05, 3.63) is 49.2 Å². The van der Waals surface area contributed by atoms with Crippen molar-refractivity contribution in [1.29, 1.82) is 0 Å². The average Bonchev–Trinajstić information content (AvgIpc) is 2.04. The van der Waals surface area contributed by atoms with E-state index in [9.17, 15) is 0 Å². The van der Waals surface area contributed by atoms with Crippen LogP contribution < -0.4 is 0 Å². The van der Waals surface area contributed by atoms with E-state index in [1.807, 2.05) is 12.1 Å². The first-order valence-electron chi connectivity index (χ1n) is 3.96. The minimum atomic E-state index is 0.836. The fourth-order valence-electron chi connectivity index (χ4n) is 1.01. The highest BCUT2D eigenvalue weighted by molar-refractivity contribution is 5.24. The van der Waals surface area contributed by atoms with Gasteiger partial charge in [0.1, 0.15) is 0 Å². The maximum Gasteiger partial charge on any atom is -0.00120 e. The largest absolute Gasteiger partial charge is 0.0588 e. The number of hydrogen-bond acceptors (Lipinski definition) is 0. The van der Waals surface area contributed by atoms with Crippen LogP contribution in [0.2, 0.25) is 0 Å². The van der Waals surface area contributed by atoms with Crippen LogP contribution in [0.4, 0.5) is 0 Å². The van der Waals surface area contributed by atoms with Gasteiger partial charge >= 0.3 is 0 Å². The molecule has 11 heavy (non-hydrogen) atoms. The first-order chi connectivity index (χ1) is 5.33. The summed E-state index contributed by atoms with van der Waals surface area (Å²) in [5, 5.41) is 0. The molecule has 0 fully saturated rings. The lowest BCUT2D eigenvalue weighted by Gasteiger charge is -1.98. The van der Waals surface area contributed by atoms with Crippen LogP contribution in [0.1, 0.15) is 24.0 Å². The predicted molar refractivity (Wildman–Crippen MR) is 48.1 cm³/mol. The summed E-state index contributed by atoms with van der Waals surface area (Å²) in [5.74, 6) is 0. The van der Waals surface area contributed by atoms with E-state index in [0.717, 1.165) is 24.8 Å². The molecular formula is C11H13. The van der Waals surface area contributed by atoms with E-state index in [1.165, 1.54) is 5.56 Å². The maximum atomic E-state index is 5.54. The Morgan fingerprint density at radius 2 is 1.82 bits per heavy atom. The predicted octanol–water partition coefficient (Wildman–Crippen LogP) is 2.90. The van der Waals surface area contributed by atoms with Gasteiger partial charge in [0.05, 0.1) is 0 Å². The molecule has 1 aromatic rings. The highest BCUT2D eigenvalue weighted by Gasteiger charge is 1.90. The Morgan fingerprint density at radius 3 is 2.36 bits per heavy atom. The molecule has 0 unspecified atom stereocenters. The van der Waals surface area contributed by atoms with Crippen LogP contribution in [-0.4, -0.2) is 0 Å². The zero-order valence-electron chi connectivity index (χ0n) is 6.72. The summed E-state index contributed by atoms with van der Waals surface area (Å²) in [6.45, 7) is 9.34. The first kappa shape index (κ1) is 8.32. The second-order valence-corrected chi connectivity index (χ2v) is 2.70. The van der Waals surface area contributed by atoms with Crippen LogP contribution in [0.3, 0.4) is 0 Å². The number of hydrogen-bond donors (Lipinski definition) is 0. The quantitative estimate of drug-likeness (QED) is 0.613. The lowest BCUT2D eigenvalue weighted by molar-refractivity contribution is 0.841. The van der Waals surface area contributed by atoms with Gasteiger partial charge in [-0.1, -0.05) is 37.6 Å². The first-order valence-corrected chi connectivity index (χ1v) is 3.96. The van der Waals surface area contributed by atoms with E-state index >= 15 is 0 Å². The third kappa shape index (κ3) is 2.75. The van der Waals surface area contributed by atoms with E-state index in [-0.39, 0.29) is 0 Å². The molecule has 0 saturated heterocycles. The summed E-state index contributed by atoms with van der Waals surface area (Å²) in [5.41, 5.74) is 2.19. The topological polar surface area (TPSA) is 0 Å². The number of unbranched alkanes of at least 4 members (excludes halogenated alkanes) is 1. The van der Waals surface area contributed by atoms with Crippen LogP contribution >= 0.6 is 0 Å². The number of aryl methyl sites for hydroxylation is 1. The molecule has 0 aromatic heterocycles. The van der Waals surface area contributed by atoms with Gasteiger partial charge in [0.25, 0.3) is 0 Å². The van der Waals surface area contributed by atoms with Gasteiger partial charge in [-0.05, 0) is 30.9 Å². The van der Waals surface area contributed by atoms with Crippen molar-refractivity contribution in [2.45, 2.75) is 19.3 Å². The fourth-order valence-corrected chi connectivity index (χ4v) is 1.01. The van der Waals surface area contributed by atoms with Crippen molar-refractivity contribution in [3.8, 4) is 0 Å². The lowest BCUT2D eigenvalue weighted by atomic mass is 10.1. The summed E-state index contributed by atoms with van der Waals surface area (Å²) in [7, 11) is 0. The van der Waals surface area contributed by atoms with Crippen molar-refractivity contribution < 1.29 is 0 Å². The SMILES string of the molecule is [CH]c1ccc(CCC[CH2])cc1. The van der Waals surface area contributed by atoms with Gasteiger partial charge < -0.3 is 0 Å². The molecule has 0 atom stereocenters. The Kier molecular flexibility index (Phi) is 3.15. The molecule has 0 nitrogen and oxygen atoms in total. The highest BCUT2D eigenvalue weighted by Crippen LogP contribution is 2.06. The molecular weight excluding hydrogens is 132 g/mol. The molecule has 0 amide bonds. The molecule has 57 valence electrons. The van der Waals surface area contributed by atoms with Crippen LogP contribution in [0.5, 0.6) is 0 Å². The summed E-state index contributed by atoms with van der Waals surface area (Å²) >= 11 is 0. The van der Waals surface area contributed by atoms with Crippen molar-refractivity contribution >= 4 is 0 Å². The van der Waals surface area contributed by atoms with Crippen LogP contribution in [0.25, 0.3) is 0 Å². The highest BCUT2D eigenvalue weighted by atomic mass is 14.0. The molecule has 0 N–H and O–H groups in total. The van der Waals surface area contributed by atoms with Crippen LogP contribution in [0.15, 0.2) is 24.3 Å². The third-order valence-corrected chi connectivity index (χ3v) is 1.70.